The van der Waals surface area contributed by atoms with Crippen LogP contribution < -0.4 is 10.6 Å². The Labute approximate surface area is 213 Å². The highest BCUT2D eigenvalue weighted by atomic mass is 32.2. The first-order valence-electron chi connectivity index (χ1n) is 11.6. The number of thiophene rings is 1. The topological polar surface area (TPSA) is 71.1 Å². The second kappa shape index (κ2) is 9.84. The molecule has 0 bridgehead atoms. The zero-order valence-electron chi connectivity index (χ0n) is 19.9. The summed E-state index contributed by atoms with van der Waals surface area (Å²) in [7, 11) is 0. The second-order valence-electron chi connectivity index (χ2n) is 8.90. The molecule has 0 fully saturated rings. The van der Waals surface area contributed by atoms with Crippen molar-refractivity contribution in [1.29, 1.82) is 0 Å². The molecular weight excluding hydrogens is 474 g/mol. The van der Waals surface area contributed by atoms with Crippen molar-refractivity contribution in [2.45, 2.75) is 42.7 Å². The summed E-state index contributed by atoms with van der Waals surface area (Å²) in [5, 5.41) is 6.41. The highest BCUT2D eigenvalue weighted by molar-refractivity contribution is 8.00. The summed E-state index contributed by atoms with van der Waals surface area (Å²) in [6.07, 6.45) is 4.87. The van der Waals surface area contributed by atoms with Crippen molar-refractivity contribution >= 4 is 40.6 Å². The van der Waals surface area contributed by atoms with Gasteiger partial charge in [0, 0.05) is 46.0 Å². The number of Topliss-reactive ketones (excluding diaryl/α,β-unsaturated/α-hetero) is 1. The Morgan fingerprint density at radius 2 is 1.89 bits per heavy atom. The molecule has 2 aliphatic rings. The van der Waals surface area contributed by atoms with Crippen LogP contribution in [0.1, 0.15) is 47.6 Å². The molecule has 1 aliphatic heterocycles. The van der Waals surface area contributed by atoms with Crippen LogP contribution in [0.25, 0.3) is 0 Å². The molecule has 2 atom stereocenters. The van der Waals surface area contributed by atoms with E-state index in [9.17, 15) is 9.59 Å². The normalized spacial score (nSPS) is 19.9. The molecule has 178 valence electrons. The number of pyridine rings is 1. The van der Waals surface area contributed by atoms with Gasteiger partial charge in [0.1, 0.15) is 5.82 Å². The summed E-state index contributed by atoms with van der Waals surface area (Å²) in [4.78, 5) is 32.8. The number of carbonyl (C=O) groups excluding carboxylic acids is 2. The fraction of sp³-hybridized carbons (Fsp3) is 0.250. The third-order valence-corrected chi connectivity index (χ3v) is 8.81. The van der Waals surface area contributed by atoms with Gasteiger partial charge in [-0.2, -0.15) is 0 Å². The minimum absolute atomic E-state index is 0.101. The predicted molar refractivity (Wildman–Crippen MR) is 143 cm³/mol. The molecule has 3 aromatic rings. The van der Waals surface area contributed by atoms with Crippen molar-refractivity contribution in [3.05, 3.63) is 99.3 Å². The molecule has 1 aromatic carbocycles. The van der Waals surface area contributed by atoms with E-state index >= 15 is 0 Å². The van der Waals surface area contributed by atoms with Gasteiger partial charge < -0.3 is 10.6 Å². The number of nitrogens with one attached hydrogen (secondary N) is 2. The lowest BCUT2D eigenvalue weighted by Crippen LogP contribution is -2.37. The van der Waals surface area contributed by atoms with Crippen molar-refractivity contribution < 1.29 is 9.59 Å². The van der Waals surface area contributed by atoms with Gasteiger partial charge in [-0.25, -0.2) is 4.98 Å². The third-order valence-electron chi connectivity index (χ3n) is 6.59. The van der Waals surface area contributed by atoms with E-state index in [0.29, 0.717) is 17.8 Å². The van der Waals surface area contributed by atoms with E-state index in [-0.39, 0.29) is 17.6 Å². The molecule has 5 rings (SSSR count). The zero-order chi connectivity index (χ0) is 24.5. The number of thioether (sulfide) groups is 1. The Hall–Kier alpha value is -3.16. The predicted octanol–water partition coefficient (Wildman–Crippen LogP) is 6.17. The van der Waals surface area contributed by atoms with Crippen LogP contribution in [-0.2, 0) is 9.59 Å². The number of hydrogen-bond donors (Lipinski definition) is 2. The second-order valence-corrected chi connectivity index (χ2v) is 11.2. The molecule has 2 aromatic heterocycles. The number of ketones is 1. The summed E-state index contributed by atoms with van der Waals surface area (Å²) in [6, 6.07) is 17.8. The number of rotatable bonds is 5. The monoisotopic (exact) mass is 501 g/mol. The molecule has 1 aliphatic carbocycles. The van der Waals surface area contributed by atoms with Crippen LogP contribution in [0, 0.1) is 6.92 Å². The van der Waals surface area contributed by atoms with Crippen LogP contribution in [0.2, 0.25) is 0 Å². The number of aryl methyl sites for hydroxylation is 1. The number of benzene rings is 1. The number of aromatic nitrogens is 1. The van der Waals surface area contributed by atoms with Crippen LogP contribution in [0.4, 0.5) is 5.82 Å². The van der Waals surface area contributed by atoms with E-state index in [4.69, 9.17) is 0 Å². The van der Waals surface area contributed by atoms with Gasteiger partial charge in [-0.15, -0.1) is 23.1 Å². The standard InChI is InChI=1S/C28H27N3O2S2/c1-16-13-20(28(34-3)35-16)25-24(27(33)31-23-11-7-8-12-29-23)17(2)30-21-14-19(15-22(32)26(21)25)18-9-5-4-6-10-18/h4-13,19,25,30H,14-15H2,1-3H3,(H,29,31,33)/t19-,25-/m1/s1. The molecule has 2 N–H and O–H groups in total. The largest absolute Gasteiger partial charge is 0.362 e. The van der Waals surface area contributed by atoms with E-state index in [1.807, 2.05) is 43.5 Å². The number of amides is 1. The van der Waals surface area contributed by atoms with Gasteiger partial charge in [0.05, 0.1) is 4.21 Å². The Morgan fingerprint density at radius 3 is 2.60 bits per heavy atom. The first kappa shape index (κ1) is 23.6. The number of nitrogens with zero attached hydrogens (tertiary/aromatic N) is 1. The maximum absolute atomic E-state index is 13.8. The molecule has 3 heterocycles. The van der Waals surface area contributed by atoms with Gasteiger partial charge in [0.25, 0.3) is 5.91 Å². The smallest absolute Gasteiger partial charge is 0.255 e. The Kier molecular flexibility index (Phi) is 6.62. The number of hydrogen-bond acceptors (Lipinski definition) is 6. The zero-order valence-corrected chi connectivity index (χ0v) is 21.6. The van der Waals surface area contributed by atoms with Crippen LogP contribution in [0.15, 0.2) is 87.5 Å². The fourth-order valence-corrected chi connectivity index (χ4v) is 7.02. The first-order chi connectivity index (χ1) is 17.0. The van der Waals surface area contributed by atoms with Crippen LogP contribution in [0.3, 0.4) is 0 Å². The van der Waals surface area contributed by atoms with Gasteiger partial charge in [0.15, 0.2) is 5.78 Å². The molecule has 7 heteroatoms. The van der Waals surface area contributed by atoms with Crippen molar-refractivity contribution in [2.24, 2.45) is 0 Å². The maximum Gasteiger partial charge on any atom is 0.255 e. The van der Waals surface area contributed by atoms with Crippen molar-refractivity contribution in [1.82, 2.24) is 10.3 Å². The quantitative estimate of drug-likeness (QED) is 0.409. The van der Waals surface area contributed by atoms with E-state index in [1.54, 1.807) is 35.4 Å². The molecule has 0 unspecified atom stereocenters. The van der Waals surface area contributed by atoms with E-state index < -0.39 is 5.92 Å². The highest BCUT2D eigenvalue weighted by Gasteiger charge is 2.42. The van der Waals surface area contributed by atoms with Crippen molar-refractivity contribution in [3.8, 4) is 0 Å². The van der Waals surface area contributed by atoms with Crippen molar-refractivity contribution in [2.75, 3.05) is 11.6 Å². The number of carbonyl (C=O) groups is 2. The van der Waals surface area contributed by atoms with Crippen LogP contribution >= 0.6 is 23.1 Å². The van der Waals surface area contributed by atoms with E-state index in [1.165, 1.54) is 5.56 Å². The lowest BCUT2D eigenvalue weighted by Gasteiger charge is -2.37. The minimum Gasteiger partial charge on any atom is -0.362 e. The Morgan fingerprint density at radius 1 is 1.11 bits per heavy atom. The van der Waals surface area contributed by atoms with Gasteiger partial charge >= 0.3 is 0 Å². The SMILES string of the molecule is CSc1sc(C)cc1[C@@H]1C(C(=O)Nc2ccccn2)=C(C)NC2=C1C(=O)C[C@H](c1ccccc1)C2. The van der Waals surface area contributed by atoms with Crippen molar-refractivity contribution in [3.63, 3.8) is 0 Å². The first-order valence-corrected chi connectivity index (χ1v) is 13.7. The summed E-state index contributed by atoms with van der Waals surface area (Å²) >= 11 is 3.37. The van der Waals surface area contributed by atoms with Crippen LogP contribution in [0.5, 0.6) is 0 Å². The lowest BCUT2D eigenvalue weighted by molar-refractivity contribution is -0.116. The van der Waals surface area contributed by atoms with Gasteiger partial charge in [0.2, 0.25) is 0 Å². The van der Waals surface area contributed by atoms with Gasteiger partial charge in [-0.1, -0.05) is 36.4 Å². The number of dihydropyridines is 1. The summed E-state index contributed by atoms with van der Waals surface area (Å²) in [5.41, 5.74) is 5.21. The summed E-state index contributed by atoms with van der Waals surface area (Å²) in [5.74, 6) is 0.0634. The van der Waals surface area contributed by atoms with E-state index in [2.05, 4.69) is 40.7 Å². The van der Waals surface area contributed by atoms with Gasteiger partial charge in [-0.3, -0.25) is 9.59 Å². The molecule has 0 saturated heterocycles. The molecule has 1 amide bonds. The molecule has 0 saturated carbocycles. The average molecular weight is 502 g/mol. The molecule has 5 nitrogen and oxygen atoms in total. The number of anilines is 1. The Balaban J connectivity index is 1.60. The van der Waals surface area contributed by atoms with Gasteiger partial charge in [-0.05, 0) is 61.8 Å². The molecule has 0 radical (unpaired) electrons. The Bertz CT molecular complexity index is 1340. The highest BCUT2D eigenvalue weighted by Crippen LogP contribution is 2.49. The molecule has 35 heavy (non-hydrogen) atoms. The average Bonchev–Trinajstić information content (AvgIpc) is 3.24. The fourth-order valence-electron chi connectivity index (χ4n) is 5.11. The minimum atomic E-state index is -0.411. The number of allylic oxidation sites excluding steroid dienone is 3. The van der Waals surface area contributed by atoms with Crippen LogP contribution in [-0.4, -0.2) is 22.9 Å². The van der Waals surface area contributed by atoms with E-state index in [0.717, 1.165) is 38.0 Å². The third kappa shape index (κ3) is 4.58. The summed E-state index contributed by atoms with van der Waals surface area (Å²) in [6.45, 7) is 4.00. The molecular formula is C28H27N3O2S2. The summed E-state index contributed by atoms with van der Waals surface area (Å²) < 4.78 is 1.13. The molecule has 0 spiro atoms. The maximum atomic E-state index is 13.8. The lowest BCUT2D eigenvalue weighted by atomic mass is 9.72.